The monoisotopic (exact) mass is 246 g/mol. The van der Waals surface area contributed by atoms with Crippen LogP contribution in [-0.2, 0) is 0 Å². The number of nitrogens with zero attached hydrogens (tertiary/aromatic N) is 2. The van der Waals surface area contributed by atoms with Gasteiger partial charge in [0.15, 0.2) is 0 Å². The van der Waals surface area contributed by atoms with Crippen molar-refractivity contribution in [1.82, 2.24) is 9.97 Å². The van der Waals surface area contributed by atoms with Crippen LogP contribution in [-0.4, -0.2) is 9.97 Å². The molecule has 0 aliphatic heterocycles. The van der Waals surface area contributed by atoms with Crippen molar-refractivity contribution in [2.75, 3.05) is 0 Å². The quantitative estimate of drug-likeness (QED) is 0.632. The van der Waals surface area contributed by atoms with E-state index in [1.807, 2.05) is 30.5 Å². The SMILES string of the molecule is CCCCCC(S)c1ncc2ccccc2n1. The van der Waals surface area contributed by atoms with E-state index in [-0.39, 0.29) is 5.25 Å². The average molecular weight is 246 g/mol. The molecule has 0 radical (unpaired) electrons. The molecule has 0 bridgehead atoms. The second-order valence-corrected chi connectivity index (χ2v) is 4.92. The number of fused-ring (bicyclic) bond motifs is 1. The molecule has 0 aliphatic carbocycles. The molecule has 2 aromatic rings. The Morgan fingerprint density at radius 1 is 1.24 bits per heavy atom. The highest BCUT2D eigenvalue weighted by atomic mass is 32.1. The first-order valence-corrected chi connectivity index (χ1v) is 6.72. The van der Waals surface area contributed by atoms with Crippen LogP contribution in [0.2, 0.25) is 0 Å². The summed E-state index contributed by atoms with van der Waals surface area (Å²) >= 11 is 4.59. The van der Waals surface area contributed by atoms with Crippen LogP contribution >= 0.6 is 12.6 Å². The number of unbranched alkanes of at least 4 members (excludes halogenated alkanes) is 2. The summed E-state index contributed by atoms with van der Waals surface area (Å²) in [7, 11) is 0. The minimum atomic E-state index is 0.158. The number of aromatic nitrogens is 2. The van der Waals surface area contributed by atoms with Crippen molar-refractivity contribution in [1.29, 1.82) is 0 Å². The Kier molecular flexibility index (Phi) is 4.37. The Morgan fingerprint density at radius 3 is 2.88 bits per heavy atom. The number of rotatable bonds is 5. The fourth-order valence-electron chi connectivity index (χ4n) is 1.86. The van der Waals surface area contributed by atoms with Gasteiger partial charge in [-0.2, -0.15) is 12.6 Å². The molecule has 0 N–H and O–H groups in total. The molecule has 2 rings (SSSR count). The molecular weight excluding hydrogens is 228 g/mol. The third kappa shape index (κ3) is 3.19. The van der Waals surface area contributed by atoms with Crippen molar-refractivity contribution in [3.8, 4) is 0 Å². The standard InChI is InChI=1S/C14H18N2S/c1-2-3-4-9-13(17)14-15-10-11-7-5-6-8-12(11)16-14/h5-8,10,13,17H,2-4,9H2,1H3. The lowest BCUT2D eigenvalue weighted by Crippen LogP contribution is -1.99. The second-order valence-electron chi connectivity index (χ2n) is 4.30. The number of thiol groups is 1. The summed E-state index contributed by atoms with van der Waals surface area (Å²) < 4.78 is 0. The maximum absolute atomic E-state index is 4.59. The predicted octanol–water partition coefficient (Wildman–Crippen LogP) is 4.18. The van der Waals surface area contributed by atoms with Gasteiger partial charge in [0.05, 0.1) is 10.8 Å². The maximum atomic E-state index is 4.59. The van der Waals surface area contributed by atoms with E-state index in [1.54, 1.807) is 0 Å². The van der Waals surface area contributed by atoms with Crippen molar-refractivity contribution < 1.29 is 0 Å². The maximum Gasteiger partial charge on any atom is 0.141 e. The molecule has 2 nitrogen and oxygen atoms in total. The van der Waals surface area contributed by atoms with E-state index >= 15 is 0 Å². The average Bonchev–Trinajstić information content (AvgIpc) is 2.38. The first-order chi connectivity index (χ1) is 8.31. The summed E-state index contributed by atoms with van der Waals surface area (Å²) in [6, 6.07) is 8.06. The highest BCUT2D eigenvalue weighted by molar-refractivity contribution is 7.80. The minimum Gasteiger partial charge on any atom is -0.240 e. The third-order valence-corrected chi connectivity index (χ3v) is 3.38. The van der Waals surface area contributed by atoms with Gasteiger partial charge in [0.25, 0.3) is 0 Å². The highest BCUT2D eigenvalue weighted by Crippen LogP contribution is 2.24. The van der Waals surface area contributed by atoms with Gasteiger partial charge in [-0.3, -0.25) is 0 Å². The van der Waals surface area contributed by atoms with E-state index in [4.69, 9.17) is 0 Å². The van der Waals surface area contributed by atoms with Gasteiger partial charge in [0.1, 0.15) is 5.82 Å². The molecule has 17 heavy (non-hydrogen) atoms. The zero-order valence-corrected chi connectivity index (χ0v) is 11.0. The van der Waals surface area contributed by atoms with Gasteiger partial charge < -0.3 is 0 Å². The van der Waals surface area contributed by atoms with E-state index in [0.717, 1.165) is 23.1 Å². The number of hydrogen-bond donors (Lipinski definition) is 1. The van der Waals surface area contributed by atoms with Gasteiger partial charge in [-0.25, -0.2) is 9.97 Å². The van der Waals surface area contributed by atoms with Crippen LogP contribution < -0.4 is 0 Å². The fraction of sp³-hybridized carbons (Fsp3) is 0.429. The first-order valence-electron chi connectivity index (χ1n) is 6.21. The Morgan fingerprint density at radius 2 is 2.06 bits per heavy atom. The van der Waals surface area contributed by atoms with Gasteiger partial charge in [0, 0.05) is 11.6 Å². The zero-order valence-electron chi connectivity index (χ0n) is 10.1. The molecule has 3 heteroatoms. The molecule has 1 aromatic carbocycles. The molecule has 0 saturated heterocycles. The van der Waals surface area contributed by atoms with Gasteiger partial charge >= 0.3 is 0 Å². The fourth-order valence-corrected chi connectivity index (χ4v) is 2.17. The first kappa shape index (κ1) is 12.4. The summed E-state index contributed by atoms with van der Waals surface area (Å²) in [6.07, 6.45) is 6.63. The van der Waals surface area contributed by atoms with Crippen molar-refractivity contribution in [3.05, 3.63) is 36.3 Å². The van der Waals surface area contributed by atoms with Crippen LogP contribution in [0.15, 0.2) is 30.5 Å². The van der Waals surface area contributed by atoms with Crippen LogP contribution in [0.5, 0.6) is 0 Å². The number of benzene rings is 1. The van der Waals surface area contributed by atoms with E-state index in [2.05, 4.69) is 29.5 Å². The molecule has 90 valence electrons. The molecule has 0 spiro atoms. The molecule has 1 atom stereocenters. The molecule has 1 unspecified atom stereocenters. The Hall–Kier alpha value is -1.09. The van der Waals surface area contributed by atoms with Crippen molar-refractivity contribution in [2.24, 2.45) is 0 Å². The zero-order chi connectivity index (χ0) is 12.1. The summed E-state index contributed by atoms with van der Waals surface area (Å²) in [6.45, 7) is 2.21. The molecule has 0 amide bonds. The Balaban J connectivity index is 2.12. The lowest BCUT2D eigenvalue weighted by atomic mass is 10.1. The van der Waals surface area contributed by atoms with Crippen molar-refractivity contribution in [3.63, 3.8) is 0 Å². The molecule has 0 saturated carbocycles. The molecule has 0 aliphatic rings. The van der Waals surface area contributed by atoms with E-state index in [9.17, 15) is 0 Å². The van der Waals surface area contributed by atoms with Crippen LogP contribution in [0.25, 0.3) is 10.9 Å². The van der Waals surface area contributed by atoms with Crippen LogP contribution in [0.3, 0.4) is 0 Å². The van der Waals surface area contributed by atoms with E-state index in [1.165, 1.54) is 19.3 Å². The molecule has 1 heterocycles. The Labute approximate surface area is 108 Å². The van der Waals surface area contributed by atoms with Crippen molar-refractivity contribution in [2.45, 2.75) is 37.9 Å². The van der Waals surface area contributed by atoms with Crippen LogP contribution in [0.1, 0.15) is 43.7 Å². The van der Waals surface area contributed by atoms with E-state index < -0.39 is 0 Å². The van der Waals surface area contributed by atoms with Crippen LogP contribution in [0, 0.1) is 0 Å². The topological polar surface area (TPSA) is 25.8 Å². The third-order valence-electron chi connectivity index (χ3n) is 2.89. The largest absolute Gasteiger partial charge is 0.240 e. The van der Waals surface area contributed by atoms with E-state index in [0.29, 0.717) is 0 Å². The summed E-state index contributed by atoms with van der Waals surface area (Å²) in [4.78, 5) is 8.96. The summed E-state index contributed by atoms with van der Waals surface area (Å²) in [5, 5.41) is 1.25. The lowest BCUT2D eigenvalue weighted by Gasteiger charge is -2.09. The number of hydrogen-bond acceptors (Lipinski definition) is 3. The Bertz CT molecular complexity index is 484. The van der Waals surface area contributed by atoms with Gasteiger partial charge in [-0.1, -0.05) is 44.4 Å². The predicted molar refractivity (Wildman–Crippen MR) is 75.4 cm³/mol. The molecule has 0 fully saturated rings. The smallest absolute Gasteiger partial charge is 0.141 e. The summed E-state index contributed by atoms with van der Waals surface area (Å²) in [5.74, 6) is 0.850. The number of para-hydroxylation sites is 1. The highest BCUT2D eigenvalue weighted by Gasteiger charge is 2.09. The second kappa shape index (κ2) is 6.01. The molecular formula is C14H18N2S. The lowest BCUT2D eigenvalue weighted by molar-refractivity contribution is 0.647. The molecule has 1 aromatic heterocycles. The van der Waals surface area contributed by atoms with Gasteiger partial charge in [0.2, 0.25) is 0 Å². The van der Waals surface area contributed by atoms with Crippen LogP contribution in [0.4, 0.5) is 0 Å². The van der Waals surface area contributed by atoms with Gasteiger partial charge in [-0.05, 0) is 12.5 Å². The minimum absolute atomic E-state index is 0.158. The van der Waals surface area contributed by atoms with Crippen molar-refractivity contribution >= 4 is 23.5 Å². The summed E-state index contributed by atoms with van der Waals surface area (Å²) in [5.41, 5.74) is 1.01. The van der Waals surface area contributed by atoms with Gasteiger partial charge in [-0.15, -0.1) is 0 Å². The normalized spacial score (nSPS) is 12.8.